The van der Waals surface area contributed by atoms with E-state index in [0.717, 1.165) is 32.8 Å². The maximum absolute atomic E-state index is 11.3. The summed E-state index contributed by atoms with van der Waals surface area (Å²) >= 11 is 5.29. The summed E-state index contributed by atoms with van der Waals surface area (Å²) in [7, 11) is 0. The van der Waals surface area contributed by atoms with Crippen LogP contribution in [-0.4, -0.2) is 11.1 Å². The summed E-state index contributed by atoms with van der Waals surface area (Å²) in [5.74, 6) is -1.24. The SMILES string of the molecule is N#C/C(=C\c1ccc(N(c2ccccc2)c2ccc(-c3ccc(-c4ccc(N(c5ccccc5)c5ccccc5)s4)s3)s2)cc1)C(=O)O. The first-order valence-electron chi connectivity index (χ1n) is 15.1. The number of carboxylic acids is 1. The molecule has 232 valence electrons. The third kappa shape index (κ3) is 6.57. The van der Waals surface area contributed by atoms with Gasteiger partial charge in [0.25, 0.3) is 0 Å². The maximum atomic E-state index is 11.3. The molecule has 48 heavy (non-hydrogen) atoms. The van der Waals surface area contributed by atoms with Gasteiger partial charge in [0, 0.05) is 42.3 Å². The van der Waals surface area contributed by atoms with E-state index >= 15 is 0 Å². The van der Waals surface area contributed by atoms with Gasteiger partial charge in [-0.1, -0.05) is 66.7 Å². The summed E-state index contributed by atoms with van der Waals surface area (Å²) in [5.41, 5.74) is 4.53. The van der Waals surface area contributed by atoms with Gasteiger partial charge in [-0.25, -0.2) is 4.79 Å². The van der Waals surface area contributed by atoms with E-state index < -0.39 is 5.97 Å². The number of aliphatic carboxylic acids is 1. The summed E-state index contributed by atoms with van der Waals surface area (Å²) in [6.45, 7) is 0. The zero-order valence-corrected chi connectivity index (χ0v) is 27.9. The van der Waals surface area contributed by atoms with Crippen LogP contribution in [0.1, 0.15) is 5.56 Å². The van der Waals surface area contributed by atoms with Crippen LogP contribution in [0.5, 0.6) is 0 Å². The molecular weight excluding hydrogens is 651 g/mol. The average Bonchev–Trinajstić information content (AvgIpc) is 3.92. The molecule has 0 aliphatic rings. The fraction of sp³-hybridized carbons (Fsp3) is 0. The van der Waals surface area contributed by atoms with Gasteiger partial charge in [-0.05, 0) is 96.6 Å². The quantitative estimate of drug-likeness (QED) is 0.115. The molecule has 0 saturated heterocycles. The Bertz CT molecular complexity index is 2190. The summed E-state index contributed by atoms with van der Waals surface area (Å²) in [5, 5.41) is 20.6. The zero-order valence-electron chi connectivity index (χ0n) is 25.4. The predicted octanol–water partition coefficient (Wildman–Crippen LogP) is 12.1. The number of nitrogens with zero attached hydrogens (tertiary/aromatic N) is 3. The second-order valence-electron chi connectivity index (χ2n) is 10.7. The van der Waals surface area contributed by atoms with Gasteiger partial charge < -0.3 is 14.9 Å². The molecule has 5 nitrogen and oxygen atoms in total. The van der Waals surface area contributed by atoms with Crippen LogP contribution >= 0.6 is 34.0 Å². The Morgan fingerprint density at radius 3 is 1.29 bits per heavy atom. The first-order chi connectivity index (χ1) is 23.6. The molecule has 3 heterocycles. The third-order valence-corrected chi connectivity index (χ3v) is 11.2. The number of carbonyl (C=O) groups is 1. The van der Waals surface area contributed by atoms with Gasteiger partial charge in [0.2, 0.25) is 0 Å². The highest BCUT2D eigenvalue weighted by Gasteiger charge is 2.18. The maximum Gasteiger partial charge on any atom is 0.346 e. The second-order valence-corrected chi connectivity index (χ2v) is 13.9. The van der Waals surface area contributed by atoms with Crippen molar-refractivity contribution in [3.05, 3.63) is 163 Å². The lowest BCUT2D eigenvalue weighted by Crippen LogP contribution is -2.08. The topological polar surface area (TPSA) is 67.6 Å². The number of hydrogen-bond donors (Lipinski definition) is 1. The number of rotatable bonds is 10. The van der Waals surface area contributed by atoms with Gasteiger partial charge in [-0.3, -0.25) is 0 Å². The number of para-hydroxylation sites is 3. The van der Waals surface area contributed by atoms with E-state index in [1.54, 1.807) is 40.1 Å². The van der Waals surface area contributed by atoms with E-state index in [4.69, 9.17) is 5.26 Å². The molecule has 3 aromatic heterocycles. The van der Waals surface area contributed by atoms with E-state index in [9.17, 15) is 9.90 Å². The molecule has 0 unspecified atom stereocenters. The molecule has 1 N–H and O–H groups in total. The molecule has 4 aromatic carbocycles. The molecule has 0 saturated carbocycles. The van der Waals surface area contributed by atoms with Crippen LogP contribution in [0.15, 0.2) is 157 Å². The first kappa shape index (κ1) is 30.9. The minimum absolute atomic E-state index is 0.302. The Balaban J connectivity index is 1.17. The van der Waals surface area contributed by atoms with Crippen molar-refractivity contribution in [2.24, 2.45) is 0 Å². The van der Waals surface area contributed by atoms with Crippen LogP contribution in [0.25, 0.3) is 25.6 Å². The second kappa shape index (κ2) is 14.0. The summed E-state index contributed by atoms with van der Waals surface area (Å²) in [6.07, 6.45) is 1.38. The van der Waals surface area contributed by atoms with Crippen molar-refractivity contribution >= 4 is 78.8 Å². The molecule has 0 bridgehead atoms. The third-order valence-electron chi connectivity index (χ3n) is 7.57. The number of benzene rings is 4. The zero-order chi connectivity index (χ0) is 32.9. The van der Waals surface area contributed by atoms with Crippen molar-refractivity contribution in [2.75, 3.05) is 9.80 Å². The fourth-order valence-electron chi connectivity index (χ4n) is 5.33. The largest absolute Gasteiger partial charge is 0.477 e. The lowest BCUT2D eigenvalue weighted by atomic mass is 10.1. The van der Waals surface area contributed by atoms with Crippen molar-refractivity contribution in [3.8, 4) is 25.6 Å². The lowest BCUT2D eigenvalue weighted by Gasteiger charge is -2.23. The normalized spacial score (nSPS) is 11.2. The number of anilines is 6. The highest BCUT2D eigenvalue weighted by molar-refractivity contribution is 7.28. The van der Waals surface area contributed by atoms with E-state index in [1.165, 1.54) is 25.6 Å². The fourth-order valence-corrected chi connectivity index (χ4v) is 8.61. The summed E-state index contributed by atoms with van der Waals surface area (Å²) in [4.78, 5) is 20.6. The first-order valence-corrected chi connectivity index (χ1v) is 17.5. The summed E-state index contributed by atoms with van der Waals surface area (Å²) in [6, 6.07) is 53.5. The van der Waals surface area contributed by atoms with Crippen molar-refractivity contribution in [2.45, 2.75) is 0 Å². The van der Waals surface area contributed by atoms with Crippen LogP contribution in [0.4, 0.5) is 32.8 Å². The standard InChI is InChI=1S/C40H27N3O2S3/c41-27-29(40(44)45)26-28-16-18-33(19-17-28)43(32-14-8-3-9-15-32)39-25-23-37(48-39)35-21-20-34(46-35)36-22-24-38(47-36)42(30-10-4-1-5-11-30)31-12-6-2-7-13-31/h1-26H,(H,44,45)/b29-26+. The summed E-state index contributed by atoms with van der Waals surface area (Å²) < 4.78 is 0. The van der Waals surface area contributed by atoms with Crippen molar-refractivity contribution < 1.29 is 9.90 Å². The molecule has 0 aliphatic carbocycles. The molecule has 0 atom stereocenters. The molecule has 0 aliphatic heterocycles. The number of nitriles is 1. The highest BCUT2D eigenvalue weighted by Crippen LogP contribution is 2.47. The lowest BCUT2D eigenvalue weighted by molar-refractivity contribution is -0.132. The van der Waals surface area contributed by atoms with Gasteiger partial charge in [-0.2, -0.15) is 5.26 Å². The van der Waals surface area contributed by atoms with Crippen molar-refractivity contribution in [1.82, 2.24) is 0 Å². The Morgan fingerprint density at radius 1 is 0.521 bits per heavy atom. The van der Waals surface area contributed by atoms with Crippen LogP contribution in [0, 0.1) is 11.3 Å². The van der Waals surface area contributed by atoms with Crippen molar-refractivity contribution in [3.63, 3.8) is 0 Å². The number of hydrogen-bond acceptors (Lipinski definition) is 7. The smallest absolute Gasteiger partial charge is 0.346 e. The van der Waals surface area contributed by atoms with E-state index in [2.05, 4.69) is 107 Å². The van der Waals surface area contributed by atoms with Gasteiger partial charge >= 0.3 is 5.97 Å². The van der Waals surface area contributed by atoms with Gasteiger partial charge in [0.05, 0.1) is 0 Å². The van der Waals surface area contributed by atoms with Crippen molar-refractivity contribution in [1.29, 1.82) is 5.26 Å². The van der Waals surface area contributed by atoms with Crippen LogP contribution in [0.2, 0.25) is 0 Å². The minimum Gasteiger partial charge on any atom is -0.477 e. The van der Waals surface area contributed by atoms with E-state index in [0.29, 0.717) is 5.56 Å². The number of thiophene rings is 3. The molecular formula is C40H27N3O2S3. The molecule has 0 spiro atoms. The molecule has 0 fully saturated rings. The predicted molar refractivity (Wildman–Crippen MR) is 202 cm³/mol. The van der Waals surface area contributed by atoms with Crippen LogP contribution < -0.4 is 9.80 Å². The number of carboxylic acid groups (broad SMARTS) is 1. The molecule has 8 heteroatoms. The monoisotopic (exact) mass is 677 g/mol. The van der Waals surface area contributed by atoms with Gasteiger partial charge in [-0.15, -0.1) is 34.0 Å². The van der Waals surface area contributed by atoms with Crippen LogP contribution in [0.3, 0.4) is 0 Å². The van der Waals surface area contributed by atoms with E-state index in [1.807, 2.05) is 54.6 Å². The molecule has 7 rings (SSSR count). The molecule has 0 radical (unpaired) electrons. The molecule has 7 aromatic rings. The van der Waals surface area contributed by atoms with E-state index in [-0.39, 0.29) is 5.57 Å². The Hall–Kier alpha value is -5.72. The van der Waals surface area contributed by atoms with Gasteiger partial charge in [0.1, 0.15) is 21.6 Å². The van der Waals surface area contributed by atoms with Crippen LogP contribution in [-0.2, 0) is 4.79 Å². The minimum atomic E-state index is -1.24. The van der Waals surface area contributed by atoms with Gasteiger partial charge in [0.15, 0.2) is 0 Å². The molecule has 0 amide bonds. The Morgan fingerprint density at radius 2 is 0.896 bits per heavy atom. The Kier molecular flexibility index (Phi) is 8.99. The highest BCUT2D eigenvalue weighted by atomic mass is 32.1. The Labute approximate surface area is 290 Å². The average molecular weight is 678 g/mol.